The van der Waals surface area contributed by atoms with Crippen molar-refractivity contribution in [1.82, 2.24) is 4.90 Å². The maximum absolute atomic E-state index is 12.5. The summed E-state index contributed by atoms with van der Waals surface area (Å²) in [7, 11) is 0. The lowest BCUT2D eigenvalue weighted by Crippen LogP contribution is -2.39. The smallest absolute Gasteiger partial charge is 0.285 e. The van der Waals surface area contributed by atoms with Gasteiger partial charge in [-0.1, -0.05) is 30.3 Å². The first-order valence-corrected chi connectivity index (χ1v) is 9.43. The van der Waals surface area contributed by atoms with Gasteiger partial charge in [-0.25, -0.2) is 0 Å². The molecule has 0 aromatic heterocycles. The average Bonchev–Trinajstić information content (AvgIpc) is 2.76. The molecule has 154 valence electrons. The monoisotopic (exact) mass is 417 g/mol. The largest absolute Gasteiger partial charge is 0.490 e. The summed E-state index contributed by atoms with van der Waals surface area (Å²) in [5.74, 6) is 0.814. The van der Waals surface area contributed by atoms with Crippen LogP contribution in [0.15, 0.2) is 59.7 Å². The Kier molecular flexibility index (Phi) is 7.46. The van der Waals surface area contributed by atoms with Gasteiger partial charge < -0.3 is 14.2 Å². The molecule has 0 spiro atoms. The fourth-order valence-electron chi connectivity index (χ4n) is 3.14. The highest BCUT2D eigenvalue weighted by Crippen LogP contribution is 2.30. The highest BCUT2D eigenvalue weighted by Gasteiger charge is 2.26. The number of ether oxygens (including phenoxy) is 3. The lowest BCUT2D eigenvalue weighted by atomic mass is 10.2. The van der Waals surface area contributed by atoms with E-state index in [2.05, 4.69) is 10.0 Å². The van der Waals surface area contributed by atoms with Crippen LogP contribution in [0.1, 0.15) is 5.56 Å². The molecule has 1 fully saturated rings. The van der Waals surface area contributed by atoms with Crippen molar-refractivity contribution in [2.24, 2.45) is 5.10 Å². The molecule has 2 aliphatic heterocycles. The van der Waals surface area contributed by atoms with Gasteiger partial charge in [-0.15, -0.1) is 17.5 Å². The fraction of sp³-hybridized carbons (Fsp3) is 0.333. The second kappa shape index (κ2) is 10.2. The Morgan fingerprint density at radius 1 is 1.00 bits per heavy atom. The number of anilines is 1. The molecule has 2 aromatic carbocycles. The van der Waals surface area contributed by atoms with Gasteiger partial charge >= 0.3 is 0 Å². The first-order valence-electron chi connectivity index (χ1n) is 9.43. The van der Waals surface area contributed by atoms with Crippen molar-refractivity contribution in [1.29, 1.82) is 0 Å². The molecule has 1 amide bonds. The number of para-hydroxylation sites is 2. The highest BCUT2D eigenvalue weighted by atomic mass is 35.5. The maximum atomic E-state index is 12.5. The molecule has 4 rings (SSSR count). The zero-order chi connectivity index (χ0) is 19.2. The van der Waals surface area contributed by atoms with E-state index in [9.17, 15) is 4.79 Å². The third-order valence-corrected chi connectivity index (χ3v) is 4.64. The van der Waals surface area contributed by atoms with Crippen LogP contribution in [-0.4, -0.2) is 62.8 Å². The number of rotatable bonds is 6. The van der Waals surface area contributed by atoms with Gasteiger partial charge in [0.05, 0.1) is 13.2 Å². The molecular formula is C21H24ClN3O4. The molecule has 2 aliphatic rings. The first-order chi connectivity index (χ1) is 13.8. The summed E-state index contributed by atoms with van der Waals surface area (Å²) in [6, 6.07) is 17.0. The minimum atomic E-state index is -0.232. The van der Waals surface area contributed by atoms with Crippen molar-refractivity contribution < 1.29 is 19.0 Å². The van der Waals surface area contributed by atoms with E-state index in [1.807, 2.05) is 54.6 Å². The van der Waals surface area contributed by atoms with Crippen LogP contribution in [0.5, 0.6) is 5.75 Å². The van der Waals surface area contributed by atoms with Gasteiger partial charge in [0.1, 0.15) is 18.0 Å². The topological polar surface area (TPSA) is 63.6 Å². The molecule has 0 N–H and O–H groups in total. The van der Waals surface area contributed by atoms with Crippen LogP contribution >= 0.6 is 12.4 Å². The minimum absolute atomic E-state index is 0. The molecule has 2 aromatic rings. The van der Waals surface area contributed by atoms with Crippen LogP contribution in [0.3, 0.4) is 0 Å². The summed E-state index contributed by atoms with van der Waals surface area (Å²) in [5.41, 5.74) is 1.44. The zero-order valence-electron chi connectivity index (χ0n) is 16.0. The van der Waals surface area contributed by atoms with Gasteiger partial charge in [-0.2, -0.15) is 5.01 Å². The minimum Gasteiger partial charge on any atom is -0.490 e. The standard InChI is InChI=1S/C21H23N3O4.ClH/c25-20-16-28-21(17-6-2-1-3-7-17)22-24(20)18-8-4-5-9-19(18)27-15-12-23-10-13-26-14-11-23;/h1-9H,10-16H2;1H. The maximum Gasteiger partial charge on any atom is 0.285 e. The van der Waals surface area contributed by atoms with E-state index in [4.69, 9.17) is 14.2 Å². The molecule has 7 nitrogen and oxygen atoms in total. The van der Waals surface area contributed by atoms with Crippen LogP contribution in [0, 0.1) is 0 Å². The Hall–Kier alpha value is -2.61. The number of morpholine rings is 1. The first kappa shape index (κ1) is 21.1. The lowest BCUT2D eigenvalue weighted by Gasteiger charge is -2.27. The number of halogens is 1. The van der Waals surface area contributed by atoms with E-state index in [-0.39, 0.29) is 24.9 Å². The number of hydrogen-bond donors (Lipinski definition) is 0. The molecule has 0 atom stereocenters. The van der Waals surface area contributed by atoms with E-state index < -0.39 is 0 Å². The third-order valence-electron chi connectivity index (χ3n) is 4.64. The molecule has 0 saturated carbocycles. The van der Waals surface area contributed by atoms with E-state index in [1.165, 1.54) is 5.01 Å². The lowest BCUT2D eigenvalue weighted by molar-refractivity contribution is -0.121. The van der Waals surface area contributed by atoms with Gasteiger partial charge in [0.15, 0.2) is 6.61 Å². The van der Waals surface area contributed by atoms with Gasteiger partial charge in [-0.05, 0) is 24.3 Å². The van der Waals surface area contributed by atoms with E-state index in [0.717, 1.165) is 38.4 Å². The summed E-state index contributed by atoms with van der Waals surface area (Å²) in [5, 5.41) is 5.80. The molecule has 0 unspecified atom stereocenters. The SMILES string of the molecule is Cl.O=C1COC(c2ccccc2)=NN1c1ccccc1OCCN1CCOCC1. The Morgan fingerprint density at radius 3 is 2.52 bits per heavy atom. The van der Waals surface area contributed by atoms with Crippen molar-refractivity contribution in [2.75, 3.05) is 51.1 Å². The zero-order valence-corrected chi connectivity index (χ0v) is 16.8. The summed E-state index contributed by atoms with van der Waals surface area (Å²) in [6.07, 6.45) is 0. The number of nitrogens with zero attached hydrogens (tertiary/aromatic N) is 3. The van der Waals surface area contributed by atoms with Gasteiger partial charge in [0, 0.05) is 25.2 Å². The van der Waals surface area contributed by atoms with Gasteiger partial charge in [0.25, 0.3) is 5.91 Å². The van der Waals surface area contributed by atoms with Crippen molar-refractivity contribution in [2.45, 2.75) is 0 Å². The van der Waals surface area contributed by atoms with Crippen molar-refractivity contribution in [3.63, 3.8) is 0 Å². The number of carbonyl (C=O) groups excluding carboxylic acids is 1. The average molecular weight is 418 g/mol. The molecule has 0 aliphatic carbocycles. The summed E-state index contributed by atoms with van der Waals surface area (Å²) in [4.78, 5) is 14.8. The Labute approximate surface area is 176 Å². The van der Waals surface area contributed by atoms with Crippen molar-refractivity contribution >= 4 is 29.9 Å². The predicted octanol–water partition coefficient (Wildman–Crippen LogP) is 2.54. The van der Waals surface area contributed by atoms with Gasteiger partial charge in [-0.3, -0.25) is 9.69 Å². The molecule has 8 heteroatoms. The molecule has 2 heterocycles. The third kappa shape index (κ3) is 5.26. The van der Waals surface area contributed by atoms with E-state index in [1.54, 1.807) is 0 Å². The molecule has 29 heavy (non-hydrogen) atoms. The second-order valence-electron chi connectivity index (χ2n) is 6.54. The van der Waals surface area contributed by atoms with Crippen LogP contribution < -0.4 is 9.75 Å². The molecule has 0 radical (unpaired) electrons. The highest BCUT2D eigenvalue weighted by molar-refractivity contribution is 6.04. The number of benzene rings is 2. The van der Waals surface area contributed by atoms with Crippen molar-refractivity contribution in [3.8, 4) is 5.75 Å². The number of hydrogen-bond acceptors (Lipinski definition) is 6. The Balaban J connectivity index is 0.00000240. The normalized spacial score (nSPS) is 17.2. The molecule has 0 bridgehead atoms. The number of hydrazone groups is 1. The van der Waals surface area contributed by atoms with Crippen LogP contribution in [0.25, 0.3) is 0 Å². The van der Waals surface area contributed by atoms with E-state index >= 15 is 0 Å². The summed E-state index contributed by atoms with van der Waals surface area (Å²) >= 11 is 0. The number of carbonyl (C=O) groups is 1. The molecule has 1 saturated heterocycles. The second-order valence-corrected chi connectivity index (χ2v) is 6.54. The number of amides is 1. The van der Waals surface area contributed by atoms with Gasteiger partial charge in [0.2, 0.25) is 5.90 Å². The summed E-state index contributed by atoms with van der Waals surface area (Å²) < 4.78 is 16.9. The van der Waals surface area contributed by atoms with E-state index in [0.29, 0.717) is 23.9 Å². The van der Waals surface area contributed by atoms with Crippen LogP contribution in [0.4, 0.5) is 5.69 Å². The quantitative estimate of drug-likeness (QED) is 0.722. The van der Waals surface area contributed by atoms with Crippen LogP contribution in [-0.2, 0) is 14.3 Å². The summed E-state index contributed by atoms with van der Waals surface area (Å²) in [6.45, 7) is 4.63. The molecular weight excluding hydrogens is 394 g/mol. The fourth-order valence-corrected chi connectivity index (χ4v) is 3.14. The van der Waals surface area contributed by atoms with Crippen LogP contribution in [0.2, 0.25) is 0 Å². The Morgan fingerprint density at radius 2 is 1.72 bits per heavy atom. The predicted molar refractivity (Wildman–Crippen MR) is 113 cm³/mol. The Bertz CT molecular complexity index is 841. The van der Waals surface area contributed by atoms with Crippen molar-refractivity contribution in [3.05, 3.63) is 60.2 Å².